The number of nitrogens with two attached hydrogens (primary N) is 1. The van der Waals surface area contributed by atoms with E-state index in [1.807, 2.05) is 0 Å². The summed E-state index contributed by atoms with van der Waals surface area (Å²) in [6.45, 7) is 3.66. The number of rotatable bonds is 10. The van der Waals surface area contributed by atoms with Gasteiger partial charge in [-0.3, -0.25) is 4.79 Å². The Morgan fingerprint density at radius 3 is 2.11 bits per heavy atom. The molecule has 1 heterocycles. The molecule has 2 N–H and O–H groups in total. The summed E-state index contributed by atoms with van der Waals surface area (Å²) in [7, 11) is 0. The van der Waals surface area contributed by atoms with Crippen molar-refractivity contribution >= 4 is 5.91 Å². The van der Waals surface area contributed by atoms with Crippen molar-refractivity contribution in [3.63, 3.8) is 0 Å². The van der Waals surface area contributed by atoms with E-state index in [-0.39, 0.29) is 17.9 Å². The van der Waals surface area contributed by atoms with Crippen molar-refractivity contribution < 1.29 is 19.3 Å². The molecule has 1 aromatic carbocycles. The normalized spacial score (nSPS) is 36.1. The monoisotopic (exact) mass is 510 g/mol. The van der Waals surface area contributed by atoms with Gasteiger partial charge in [0.1, 0.15) is 5.75 Å². The number of hydrogen-bond acceptors (Lipinski definition) is 5. The molecule has 0 radical (unpaired) electrons. The molecule has 6 fully saturated rings. The standard InChI is InChI=1S/C31H46N2O4/c32-31(34)25-10-13-33(14-11-25)12-1-15-35-28-6-2-23(3-7-28)24-4-8-29(9-5-24)36-37-30-26-17-21-16-22(19-26)20-27(30)18-21/h2-3,6-7,21-22,24-27,29-30H,1,4-5,8-20H2,(H2,32,34). The first-order chi connectivity index (χ1) is 18.1. The Bertz CT molecular complexity index is 861. The van der Waals surface area contributed by atoms with Crippen molar-refractivity contribution in [2.45, 2.75) is 95.2 Å². The minimum atomic E-state index is -0.144. The van der Waals surface area contributed by atoms with Gasteiger partial charge in [-0.1, -0.05) is 12.1 Å². The molecule has 1 amide bonds. The molecule has 5 aliphatic carbocycles. The van der Waals surface area contributed by atoms with E-state index in [0.29, 0.717) is 12.0 Å². The quantitative estimate of drug-likeness (QED) is 0.257. The second-order valence-corrected chi connectivity index (χ2v) is 12.9. The molecule has 1 aromatic rings. The highest BCUT2D eigenvalue weighted by Gasteiger charge is 2.49. The zero-order valence-corrected chi connectivity index (χ0v) is 22.4. The Kier molecular flexibility index (Phi) is 8.06. The maximum atomic E-state index is 11.3. The average Bonchev–Trinajstić information content (AvgIpc) is 2.91. The third-order valence-corrected chi connectivity index (χ3v) is 10.3. The lowest BCUT2D eigenvalue weighted by Crippen LogP contribution is -2.49. The Hall–Kier alpha value is -1.63. The van der Waals surface area contributed by atoms with E-state index in [9.17, 15) is 4.79 Å². The SMILES string of the molecule is NC(=O)C1CCN(CCCOc2ccc(C3CCC(OOC4C5CC6CC(C5)CC4C6)CC3)cc2)CC1. The van der Waals surface area contributed by atoms with Gasteiger partial charge < -0.3 is 15.4 Å². The predicted molar refractivity (Wildman–Crippen MR) is 143 cm³/mol. The van der Waals surface area contributed by atoms with Crippen LogP contribution in [0.3, 0.4) is 0 Å². The minimum Gasteiger partial charge on any atom is -0.494 e. The van der Waals surface area contributed by atoms with Gasteiger partial charge in [0.25, 0.3) is 0 Å². The third kappa shape index (κ3) is 6.17. The number of piperidine rings is 1. The number of carbonyl (C=O) groups excluding carboxylic acids is 1. The second-order valence-electron chi connectivity index (χ2n) is 12.9. The summed E-state index contributed by atoms with van der Waals surface area (Å²) in [6, 6.07) is 8.76. The van der Waals surface area contributed by atoms with Crippen molar-refractivity contribution in [3.8, 4) is 5.75 Å². The molecular formula is C31H46N2O4. The first-order valence-corrected chi connectivity index (χ1v) is 15.2. The fourth-order valence-electron chi connectivity index (χ4n) is 8.42. The fourth-order valence-corrected chi connectivity index (χ4v) is 8.42. The largest absolute Gasteiger partial charge is 0.494 e. The van der Waals surface area contributed by atoms with Crippen LogP contribution in [0.15, 0.2) is 24.3 Å². The number of primary amides is 1. The first kappa shape index (κ1) is 25.6. The number of carbonyl (C=O) groups is 1. The van der Waals surface area contributed by atoms with Crippen LogP contribution in [0, 0.1) is 29.6 Å². The summed E-state index contributed by atoms with van der Waals surface area (Å²) in [5.74, 6) is 4.96. The van der Waals surface area contributed by atoms with Crippen LogP contribution in [0.4, 0.5) is 0 Å². The molecule has 6 heteroatoms. The zero-order valence-electron chi connectivity index (χ0n) is 22.4. The molecule has 37 heavy (non-hydrogen) atoms. The van der Waals surface area contributed by atoms with Crippen LogP contribution in [0.2, 0.25) is 0 Å². The molecule has 1 aliphatic heterocycles. The van der Waals surface area contributed by atoms with Gasteiger partial charge in [-0.15, -0.1) is 0 Å². The number of benzene rings is 1. The number of ether oxygens (including phenoxy) is 1. The molecule has 1 saturated heterocycles. The topological polar surface area (TPSA) is 74.0 Å². The number of hydrogen-bond donors (Lipinski definition) is 1. The number of amides is 1. The molecule has 0 aromatic heterocycles. The molecule has 4 bridgehead atoms. The summed E-state index contributed by atoms with van der Waals surface area (Å²) in [4.78, 5) is 26.0. The highest BCUT2D eigenvalue weighted by Crippen LogP contribution is 2.54. The predicted octanol–water partition coefficient (Wildman–Crippen LogP) is 5.45. The van der Waals surface area contributed by atoms with E-state index >= 15 is 0 Å². The van der Waals surface area contributed by atoms with Gasteiger partial charge in [-0.25, -0.2) is 9.78 Å². The molecular weight excluding hydrogens is 464 g/mol. The highest BCUT2D eigenvalue weighted by molar-refractivity contribution is 5.76. The number of likely N-dealkylation sites (tertiary alicyclic amines) is 1. The van der Waals surface area contributed by atoms with Gasteiger partial charge in [0.15, 0.2) is 0 Å². The van der Waals surface area contributed by atoms with Crippen LogP contribution >= 0.6 is 0 Å². The smallest absolute Gasteiger partial charge is 0.220 e. The van der Waals surface area contributed by atoms with Gasteiger partial charge in [0.05, 0.1) is 18.8 Å². The summed E-state index contributed by atoms with van der Waals surface area (Å²) < 4.78 is 6.01. The average molecular weight is 511 g/mol. The summed E-state index contributed by atoms with van der Waals surface area (Å²) in [5, 5.41) is 0. The highest BCUT2D eigenvalue weighted by atomic mass is 17.2. The van der Waals surface area contributed by atoms with E-state index in [0.717, 1.165) is 87.8 Å². The zero-order chi connectivity index (χ0) is 25.2. The second kappa shape index (κ2) is 11.6. The van der Waals surface area contributed by atoms with Crippen LogP contribution < -0.4 is 10.5 Å². The lowest BCUT2D eigenvalue weighted by molar-refractivity contribution is -0.383. The van der Waals surface area contributed by atoms with E-state index < -0.39 is 0 Å². The molecule has 7 rings (SSSR count). The van der Waals surface area contributed by atoms with E-state index in [2.05, 4.69) is 29.2 Å². The summed E-state index contributed by atoms with van der Waals surface area (Å²) in [5.41, 5.74) is 6.85. The first-order valence-electron chi connectivity index (χ1n) is 15.2. The van der Waals surface area contributed by atoms with Crippen molar-refractivity contribution in [1.82, 2.24) is 4.90 Å². The van der Waals surface area contributed by atoms with Crippen LogP contribution in [0.5, 0.6) is 5.75 Å². The van der Waals surface area contributed by atoms with Crippen LogP contribution in [-0.2, 0) is 14.6 Å². The van der Waals surface area contributed by atoms with Crippen molar-refractivity contribution in [3.05, 3.63) is 29.8 Å². The Morgan fingerprint density at radius 1 is 0.838 bits per heavy atom. The van der Waals surface area contributed by atoms with Crippen molar-refractivity contribution in [2.24, 2.45) is 35.3 Å². The Labute approximate surface area is 222 Å². The molecule has 0 spiro atoms. The molecule has 204 valence electrons. The van der Waals surface area contributed by atoms with Gasteiger partial charge in [0.2, 0.25) is 5.91 Å². The Balaban J connectivity index is 0.871. The molecule has 0 unspecified atom stereocenters. The van der Waals surface area contributed by atoms with E-state index in [4.69, 9.17) is 20.2 Å². The summed E-state index contributed by atoms with van der Waals surface area (Å²) >= 11 is 0. The molecule has 5 saturated carbocycles. The van der Waals surface area contributed by atoms with E-state index in [1.165, 1.54) is 50.5 Å². The van der Waals surface area contributed by atoms with Gasteiger partial charge in [-0.2, -0.15) is 0 Å². The number of nitrogens with zero attached hydrogens (tertiary/aromatic N) is 1. The fraction of sp³-hybridized carbons (Fsp3) is 0.774. The third-order valence-electron chi connectivity index (χ3n) is 10.3. The minimum absolute atomic E-state index is 0.0635. The molecule has 6 aliphatic rings. The van der Waals surface area contributed by atoms with Gasteiger partial charge in [-0.05, 0) is 137 Å². The molecule has 6 nitrogen and oxygen atoms in total. The van der Waals surface area contributed by atoms with Crippen LogP contribution in [0.1, 0.15) is 88.5 Å². The summed E-state index contributed by atoms with van der Waals surface area (Å²) in [6.07, 6.45) is 14.9. The maximum absolute atomic E-state index is 11.3. The van der Waals surface area contributed by atoms with Crippen molar-refractivity contribution in [1.29, 1.82) is 0 Å². The lowest BCUT2D eigenvalue weighted by atomic mass is 9.55. The lowest BCUT2D eigenvalue weighted by Gasteiger charge is -2.53. The van der Waals surface area contributed by atoms with Crippen molar-refractivity contribution in [2.75, 3.05) is 26.2 Å². The molecule has 0 atom stereocenters. The Morgan fingerprint density at radius 2 is 1.49 bits per heavy atom. The maximum Gasteiger partial charge on any atom is 0.220 e. The van der Waals surface area contributed by atoms with Gasteiger partial charge >= 0.3 is 0 Å². The van der Waals surface area contributed by atoms with Crippen LogP contribution in [0.25, 0.3) is 0 Å². The van der Waals surface area contributed by atoms with E-state index in [1.54, 1.807) is 0 Å². The van der Waals surface area contributed by atoms with Crippen LogP contribution in [-0.4, -0.2) is 49.3 Å². The van der Waals surface area contributed by atoms with Gasteiger partial charge in [0, 0.05) is 12.5 Å².